The number of para-hydroxylation sites is 1. The molecule has 1 N–H and O–H groups in total. The first kappa shape index (κ1) is 8.57. The first-order valence-electron chi connectivity index (χ1n) is 4.75. The van der Waals surface area contributed by atoms with Crippen molar-refractivity contribution in [3.63, 3.8) is 0 Å². The van der Waals surface area contributed by atoms with Gasteiger partial charge in [-0.25, -0.2) is 0 Å². The third-order valence-corrected chi connectivity index (χ3v) is 2.51. The molecule has 0 spiro atoms. The van der Waals surface area contributed by atoms with E-state index in [0.29, 0.717) is 6.42 Å². The van der Waals surface area contributed by atoms with E-state index in [9.17, 15) is 5.11 Å². The second kappa shape index (κ2) is 3.38. The zero-order valence-electron chi connectivity index (χ0n) is 7.73. The number of aliphatic hydroxyl groups excluding tert-OH is 1. The normalized spacial score (nSPS) is 26.3. The topological polar surface area (TPSA) is 29.5 Å². The van der Waals surface area contributed by atoms with Crippen LogP contribution in [0, 0.1) is 0 Å². The van der Waals surface area contributed by atoms with Crippen molar-refractivity contribution in [1.29, 1.82) is 0 Å². The quantitative estimate of drug-likeness (QED) is 0.714. The average Bonchev–Trinajstić information content (AvgIpc) is 2.18. The van der Waals surface area contributed by atoms with Gasteiger partial charge >= 0.3 is 0 Å². The molecular weight excluding hydrogens is 164 g/mol. The summed E-state index contributed by atoms with van der Waals surface area (Å²) in [6.45, 7) is 2.07. The SMILES string of the molecule is CC[C@H]1C[C@@H](O)c2ccccc2O1. The molecule has 2 rings (SSSR count). The Hall–Kier alpha value is -1.02. The molecule has 0 aromatic heterocycles. The maximum atomic E-state index is 9.78. The molecule has 2 atom stereocenters. The molecule has 0 amide bonds. The molecule has 0 aliphatic carbocycles. The van der Waals surface area contributed by atoms with E-state index in [0.717, 1.165) is 17.7 Å². The summed E-state index contributed by atoms with van der Waals surface area (Å²) in [6.07, 6.45) is 1.48. The molecule has 2 nitrogen and oxygen atoms in total. The zero-order chi connectivity index (χ0) is 9.26. The van der Waals surface area contributed by atoms with Crippen LogP contribution in [0.25, 0.3) is 0 Å². The Morgan fingerprint density at radius 3 is 3.00 bits per heavy atom. The van der Waals surface area contributed by atoms with Crippen molar-refractivity contribution in [1.82, 2.24) is 0 Å². The van der Waals surface area contributed by atoms with Gasteiger partial charge in [0.15, 0.2) is 0 Å². The van der Waals surface area contributed by atoms with Crippen LogP contribution >= 0.6 is 0 Å². The van der Waals surface area contributed by atoms with Crippen molar-refractivity contribution < 1.29 is 9.84 Å². The number of benzene rings is 1. The summed E-state index contributed by atoms with van der Waals surface area (Å²) in [5.74, 6) is 0.841. The number of ether oxygens (including phenoxy) is 1. The van der Waals surface area contributed by atoms with Gasteiger partial charge in [-0.1, -0.05) is 25.1 Å². The van der Waals surface area contributed by atoms with Crippen LogP contribution in [0.4, 0.5) is 0 Å². The fraction of sp³-hybridized carbons (Fsp3) is 0.455. The number of rotatable bonds is 1. The van der Waals surface area contributed by atoms with E-state index in [4.69, 9.17) is 4.74 Å². The van der Waals surface area contributed by atoms with E-state index in [2.05, 4.69) is 6.92 Å². The Balaban J connectivity index is 2.31. The van der Waals surface area contributed by atoms with E-state index in [1.54, 1.807) is 0 Å². The first-order chi connectivity index (χ1) is 6.31. The van der Waals surface area contributed by atoms with Gasteiger partial charge in [0.25, 0.3) is 0 Å². The van der Waals surface area contributed by atoms with Gasteiger partial charge in [-0.05, 0) is 12.5 Å². The fourth-order valence-electron chi connectivity index (χ4n) is 1.72. The summed E-state index contributed by atoms with van der Waals surface area (Å²) in [7, 11) is 0. The Labute approximate surface area is 78.2 Å². The van der Waals surface area contributed by atoms with Crippen molar-refractivity contribution in [2.45, 2.75) is 32.0 Å². The van der Waals surface area contributed by atoms with Gasteiger partial charge < -0.3 is 9.84 Å². The first-order valence-corrected chi connectivity index (χ1v) is 4.75. The standard InChI is InChI=1S/C11H14O2/c1-2-8-7-10(12)9-5-3-4-6-11(9)13-8/h3-6,8,10,12H,2,7H2,1H3/t8-,10+/m0/s1. The van der Waals surface area contributed by atoms with Gasteiger partial charge in [-0.3, -0.25) is 0 Å². The monoisotopic (exact) mass is 178 g/mol. The van der Waals surface area contributed by atoms with E-state index in [1.165, 1.54) is 0 Å². The predicted molar refractivity (Wildman–Crippen MR) is 50.7 cm³/mol. The summed E-state index contributed by atoms with van der Waals surface area (Å²) in [6, 6.07) is 7.70. The molecule has 2 heteroatoms. The largest absolute Gasteiger partial charge is 0.490 e. The minimum absolute atomic E-state index is 0.171. The minimum atomic E-state index is -0.352. The van der Waals surface area contributed by atoms with E-state index in [1.807, 2.05) is 24.3 Å². The Morgan fingerprint density at radius 1 is 1.46 bits per heavy atom. The zero-order valence-corrected chi connectivity index (χ0v) is 7.73. The van der Waals surface area contributed by atoms with Gasteiger partial charge in [0.2, 0.25) is 0 Å². The van der Waals surface area contributed by atoms with Gasteiger partial charge in [0.05, 0.1) is 6.10 Å². The third kappa shape index (κ3) is 1.54. The molecule has 1 aromatic carbocycles. The second-order valence-electron chi connectivity index (χ2n) is 3.44. The molecule has 0 saturated heterocycles. The Morgan fingerprint density at radius 2 is 2.23 bits per heavy atom. The lowest BCUT2D eigenvalue weighted by Gasteiger charge is -2.28. The van der Waals surface area contributed by atoms with Crippen molar-refractivity contribution >= 4 is 0 Å². The number of aliphatic hydroxyl groups is 1. The Bertz CT molecular complexity index is 296. The molecule has 70 valence electrons. The lowest BCUT2D eigenvalue weighted by molar-refractivity contribution is 0.0643. The fourth-order valence-corrected chi connectivity index (χ4v) is 1.72. The van der Waals surface area contributed by atoms with Crippen molar-refractivity contribution in [3.05, 3.63) is 29.8 Å². The maximum Gasteiger partial charge on any atom is 0.125 e. The molecule has 1 aromatic rings. The number of hydrogen-bond donors (Lipinski definition) is 1. The summed E-state index contributed by atoms with van der Waals surface area (Å²) in [4.78, 5) is 0. The van der Waals surface area contributed by atoms with Crippen LogP contribution in [0.5, 0.6) is 5.75 Å². The summed E-state index contributed by atoms with van der Waals surface area (Å²) < 4.78 is 5.69. The summed E-state index contributed by atoms with van der Waals surface area (Å²) in [5, 5.41) is 9.78. The lowest BCUT2D eigenvalue weighted by atomic mass is 9.98. The second-order valence-corrected chi connectivity index (χ2v) is 3.44. The average molecular weight is 178 g/mol. The minimum Gasteiger partial charge on any atom is -0.490 e. The molecule has 0 unspecified atom stereocenters. The van der Waals surface area contributed by atoms with E-state index < -0.39 is 0 Å². The predicted octanol–water partition coefficient (Wildman–Crippen LogP) is 2.28. The highest BCUT2D eigenvalue weighted by Crippen LogP contribution is 2.34. The van der Waals surface area contributed by atoms with Crippen LogP contribution in [0.2, 0.25) is 0 Å². The third-order valence-electron chi connectivity index (χ3n) is 2.51. The van der Waals surface area contributed by atoms with Crippen LogP contribution in [0.1, 0.15) is 31.4 Å². The van der Waals surface area contributed by atoms with Crippen LogP contribution in [-0.2, 0) is 0 Å². The highest BCUT2D eigenvalue weighted by molar-refractivity contribution is 5.36. The van der Waals surface area contributed by atoms with E-state index in [-0.39, 0.29) is 12.2 Å². The van der Waals surface area contributed by atoms with Crippen molar-refractivity contribution in [2.24, 2.45) is 0 Å². The molecule has 1 aliphatic heterocycles. The molecule has 0 bridgehead atoms. The molecule has 1 heterocycles. The highest BCUT2D eigenvalue weighted by Gasteiger charge is 2.24. The van der Waals surface area contributed by atoms with Gasteiger partial charge in [0, 0.05) is 12.0 Å². The molecular formula is C11H14O2. The van der Waals surface area contributed by atoms with Crippen molar-refractivity contribution in [3.8, 4) is 5.75 Å². The smallest absolute Gasteiger partial charge is 0.125 e. The summed E-state index contributed by atoms with van der Waals surface area (Å²) in [5.41, 5.74) is 0.923. The molecule has 13 heavy (non-hydrogen) atoms. The van der Waals surface area contributed by atoms with Gasteiger partial charge in [-0.2, -0.15) is 0 Å². The van der Waals surface area contributed by atoms with Crippen molar-refractivity contribution in [2.75, 3.05) is 0 Å². The maximum absolute atomic E-state index is 9.78. The van der Waals surface area contributed by atoms with Gasteiger partial charge in [0.1, 0.15) is 11.9 Å². The van der Waals surface area contributed by atoms with Crippen LogP contribution < -0.4 is 4.74 Å². The molecule has 0 saturated carbocycles. The lowest BCUT2D eigenvalue weighted by Crippen LogP contribution is -2.24. The van der Waals surface area contributed by atoms with E-state index >= 15 is 0 Å². The number of fused-ring (bicyclic) bond motifs is 1. The summed E-state index contributed by atoms with van der Waals surface area (Å²) >= 11 is 0. The number of hydrogen-bond acceptors (Lipinski definition) is 2. The van der Waals surface area contributed by atoms with Crippen LogP contribution in [0.15, 0.2) is 24.3 Å². The van der Waals surface area contributed by atoms with Crippen LogP contribution in [0.3, 0.4) is 0 Å². The Kier molecular flexibility index (Phi) is 2.23. The van der Waals surface area contributed by atoms with Gasteiger partial charge in [-0.15, -0.1) is 0 Å². The highest BCUT2D eigenvalue weighted by atomic mass is 16.5. The molecule has 0 fully saturated rings. The van der Waals surface area contributed by atoms with Crippen LogP contribution in [-0.4, -0.2) is 11.2 Å². The molecule has 1 aliphatic rings. The molecule has 0 radical (unpaired) electrons.